The van der Waals surface area contributed by atoms with Crippen molar-refractivity contribution < 1.29 is 9.53 Å². The van der Waals surface area contributed by atoms with E-state index < -0.39 is 0 Å². The molecular formula is C14H22BrClN2O2. The summed E-state index contributed by atoms with van der Waals surface area (Å²) >= 11 is 3.41. The number of para-hydroxylation sites is 1. The fourth-order valence-electron chi connectivity index (χ4n) is 1.44. The van der Waals surface area contributed by atoms with Gasteiger partial charge in [-0.1, -0.05) is 19.1 Å². The topological polar surface area (TPSA) is 64.3 Å². The van der Waals surface area contributed by atoms with Gasteiger partial charge in [-0.05, 0) is 46.9 Å². The van der Waals surface area contributed by atoms with Gasteiger partial charge in [0.05, 0.1) is 11.1 Å². The smallest absolute Gasteiger partial charge is 0.220 e. The van der Waals surface area contributed by atoms with Crippen LogP contribution in [0.1, 0.15) is 19.8 Å². The van der Waals surface area contributed by atoms with Crippen LogP contribution in [0.25, 0.3) is 0 Å². The molecule has 20 heavy (non-hydrogen) atoms. The van der Waals surface area contributed by atoms with E-state index >= 15 is 0 Å². The van der Waals surface area contributed by atoms with Crippen molar-refractivity contribution in [1.82, 2.24) is 5.32 Å². The molecule has 0 fully saturated rings. The SMILES string of the molecule is CC(CN)CNC(=O)CCCOc1ccccc1Br.Cl. The quantitative estimate of drug-likeness (QED) is 0.696. The molecule has 1 aromatic carbocycles. The lowest BCUT2D eigenvalue weighted by molar-refractivity contribution is -0.121. The predicted molar refractivity (Wildman–Crippen MR) is 87.3 cm³/mol. The number of hydrogen-bond acceptors (Lipinski definition) is 3. The molecule has 1 atom stereocenters. The van der Waals surface area contributed by atoms with E-state index in [1.165, 1.54) is 0 Å². The van der Waals surface area contributed by atoms with Crippen molar-refractivity contribution in [1.29, 1.82) is 0 Å². The third kappa shape index (κ3) is 7.72. The second-order valence-corrected chi connectivity index (χ2v) is 5.38. The van der Waals surface area contributed by atoms with Crippen LogP contribution in [0.5, 0.6) is 5.75 Å². The number of carbonyl (C=O) groups is 1. The van der Waals surface area contributed by atoms with Gasteiger partial charge in [-0.3, -0.25) is 4.79 Å². The monoisotopic (exact) mass is 364 g/mol. The summed E-state index contributed by atoms with van der Waals surface area (Å²) in [5.74, 6) is 1.18. The fourth-order valence-corrected chi connectivity index (χ4v) is 1.84. The predicted octanol–water partition coefficient (Wildman–Crippen LogP) is 2.74. The normalized spacial score (nSPS) is 11.3. The van der Waals surface area contributed by atoms with Crippen LogP contribution in [-0.4, -0.2) is 25.6 Å². The van der Waals surface area contributed by atoms with E-state index in [9.17, 15) is 4.79 Å². The second kappa shape index (κ2) is 10.9. The largest absolute Gasteiger partial charge is 0.492 e. The number of nitrogens with two attached hydrogens (primary N) is 1. The minimum atomic E-state index is 0. The van der Waals surface area contributed by atoms with Crippen molar-refractivity contribution in [3.05, 3.63) is 28.7 Å². The van der Waals surface area contributed by atoms with Gasteiger partial charge >= 0.3 is 0 Å². The van der Waals surface area contributed by atoms with Crippen molar-refractivity contribution in [3.8, 4) is 5.75 Å². The van der Waals surface area contributed by atoms with Gasteiger partial charge in [0.15, 0.2) is 0 Å². The van der Waals surface area contributed by atoms with E-state index in [4.69, 9.17) is 10.5 Å². The number of ether oxygens (including phenoxy) is 1. The molecule has 0 aliphatic carbocycles. The number of halogens is 2. The second-order valence-electron chi connectivity index (χ2n) is 4.53. The van der Waals surface area contributed by atoms with E-state index in [0.717, 1.165) is 10.2 Å². The van der Waals surface area contributed by atoms with Crippen LogP contribution in [0.2, 0.25) is 0 Å². The highest BCUT2D eigenvalue weighted by Crippen LogP contribution is 2.23. The molecule has 4 nitrogen and oxygen atoms in total. The van der Waals surface area contributed by atoms with Gasteiger partial charge in [-0.15, -0.1) is 12.4 Å². The Morgan fingerprint density at radius 3 is 2.80 bits per heavy atom. The lowest BCUT2D eigenvalue weighted by Gasteiger charge is -2.10. The molecule has 1 amide bonds. The first-order valence-electron chi connectivity index (χ1n) is 6.47. The highest BCUT2D eigenvalue weighted by Gasteiger charge is 2.04. The molecule has 1 unspecified atom stereocenters. The molecule has 0 heterocycles. The van der Waals surface area contributed by atoms with Gasteiger partial charge in [-0.2, -0.15) is 0 Å². The Hall–Kier alpha value is -0.780. The van der Waals surface area contributed by atoms with Gasteiger partial charge < -0.3 is 15.8 Å². The van der Waals surface area contributed by atoms with E-state index in [1.54, 1.807) is 0 Å². The maximum absolute atomic E-state index is 11.5. The lowest BCUT2D eigenvalue weighted by Crippen LogP contribution is -2.31. The third-order valence-electron chi connectivity index (χ3n) is 2.69. The summed E-state index contributed by atoms with van der Waals surface area (Å²) in [4.78, 5) is 11.5. The Morgan fingerprint density at radius 2 is 2.15 bits per heavy atom. The van der Waals surface area contributed by atoms with Gasteiger partial charge in [0.25, 0.3) is 0 Å². The van der Waals surface area contributed by atoms with Crippen LogP contribution in [0.3, 0.4) is 0 Å². The number of benzene rings is 1. The van der Waals surface area contributed by atoms with Gasteiger partial charge in [0.2, 0.25) is 5.91 Å². The molecule has 0 aliphatic rings. The Morgan fingerprint density at radius 1 is 1.45 bits per heavy atom. The first-order valence-corrected chi connectivity index (χ1v) is 7.27. The van der Waals surface area contributed by atoms with E-state index in [2.05, 4.69) is 21.2 Å². The zero-order valence-corrected chi connectivity index (χ0v) is 14.0. The summed E-state index contributed by atoms with van der Waals surface area (Å²) in [6, 6.07) is 7.67. The number of rotatable bonds is 8. The minimum Gasteiger partial charge on any atom is -0.492 e. The maximum atomic E-state index is 11.5. The molecule has 1 aromatic rings. The summed E-state index contributed by atoms with van der Waals surface area (Å²) in [6.45, 7) is 3.77. The Balaban J connectivity index is 0.00000361. The number of nitrogens with one attached hydrogen (secondary N) is 1. The van der Waals surface area contributed by atoms with Crippen LogP contribution in [-0.2, 0) is 4.79 Å². The third-order valence-corrected chi connectivity index (χ3v) is 3.35. The van der Waals surface area contributed by atoms with Crippen molar-refractivity contribution in [2.24, 2.45) is 11.7 Å². The molecule has 0 aromatic heterocycles. The summed E-state index contributed by atoms with van der Waals surface area (Å²) in [5, 5.41) is 2.86. The Labute approximate surface area is 135 Å². The molecule has 0 aliphatic heterocycles. The zero-order chi connectivity index (χ0) is 14.1. The molecule has 0 saturated heterocycles. The highest BCUT2D eigenvalue weighted by molar-refractivity contribution is 9.10. The highest BCUT2D eigenvalue weighted by atomic mass is 79.9. The van der Waals surface area contributed by atoms with Gasteiger partial charge in [0, 0.05) is 13.0 Å². The number of carbonyl (C=O) groups excluding carboxylic acids is 1. The van der Waals surface area contributed by atoms with E-state index in [0.29, 0.717) is 38.5 Å². The molecule has 0 saturated carbocycles. The van der Waals surface area contributed by atoms with Crippen molar-refractivity contribution in [3.63, 3.8) is 0 Å². The first kappa shape index (κ1) is 19.2. The summed E-state index contributed by atoms with van der Waals surface area (Å²) in [7, 11) is 0. The molecular weight excluding hydrogens is 344 g/mol. The molecule has 0 bridgehead atoms. The Bertz CT molecular complexity index is 405. The molecule has 1 rings (SSSR count). The van der Waals surface area contributed by atoms with Crippen molar-refractivity contribution in [2.45, 2.75) is 19.8 Å². The van der Waals surface area contributed by atoms with Crippen LogP contribution >= 0.6 is 28.3 Å². The van der Waals surface area contributed by atoms with Crippen molar-refractivity contribution in [2.75, 3.05) is 19.7 Å². The molecule has 6 heteroatoms. The summed E-state index contributed by atoms with van der Waals surface area (Å²) in [6.07, 6.45) is 1.17. The molecule has 3 N–H and O–H groups in total. The Kier molecular flexibility index (Phi) is 10.5. The molecule has 0 radical (unpaired) electrons. The molecule has 0 spiro atoms. The first-order chi connectivity index (χ1) is 9.13. The minimum absolute atomic E-state index is 0. The van der Waals surface area contributed by atoms with Crippen LogP contribution in [0.15, 0.2) is 28.7 Å². The zero-order valence-electron chi connectivity index (χ0n) is 11.6. The number of hydrogen-bond donors (Lipinski definition) is 2. The van der Waals surface area contributed by atoms with Crippen LogP contribution < -0.4 is 15.8 Å². The summed E-state index contributed by atoms with van der Waals surface area (Å²) in [5.41, 5.74) is 5.48. The lowest BCUT2D eigenvalue weighted by atomic mass is 10.2. The average molecular weight is 366 g/mol. The average Bonchev–Trinajstić information content (AvgIpc) is 2.42. The van der Waals surface area contributed by atoms with E-state index in [1.807, 2.05) is 31.2 Å². The molecule has 114 valence electrons. The van der Waals surface area contributed by atoms with Crippen LogP contribution in [0.4, 0.5) is 0 Å². The summed E-state index contributed by atoms with van der Waals surface area (Å²) < 4.78 is 6.51. The fraction of sp³-hybridized carbons (Fsp3) is 0.500. The maximum Gasteiger partial charge on any atom is 0.220 e. The van der Waals surface area contributed by atoms with Gasteiger partial charge in [-0.25, -0.2) is 0 Å². The van der Waals surface area contributed by atoms with Crippen LogP contribution in [0, 0.1) is 5.92 Å². The van der Waals surface area contributed by atoms with Gasteiger partial charge in [0.1, 0.15) is 5.75 Å². The standard InChI is InChI=1S/C14H21BrN2O2.ClH/c1-11(9-16)10-17-14(18)7-4-8-19-13-6-3-2-5-12(13)15;/h2-3,5-6,11H,4,7-10,16H2,1H3,(H,17,18);1H. The van der Waals surface area contributed by atoms with Crippen molar-refractivity contribution >= 4 is 34.2 Å². The number of amides is 1. The van der Waals surface area contributed by atoms with E-state index in [-0.39, 0.29) is 18.3 Å².